The van der Waals surface area contributed by atoms with E-state index in [1.807, 2.05) is 31.2 Å². The molecular weight excluding hydrogens is 218 g/mol. The Hall–Kier alpha value is -1.32. The van der Waals surface area contributed by atoms with Crippen LogP contribution in [0.4, 0.5) is 0 Å². The fourth-order valence-electron chi connectivity index (χ4n) is 1.43. The lowest BCUT2D eigenvalue weighted by Gasteiger charge is -2.09. The zero-order valence-electron chi connectivity index (χ0n) is 9.22. The monoisotopic (exact) mass is 233 g/mol. The molecule has 0 saturated heterocycles. The molecule has 0 aliphatic heterocycles. The fourth-order valence-corrected chi connectivity index (χ4v) is 2.08. The summed E-state index contributed by atoms with van der Waals surface area (Å²) >= 11 is 1.68. The summed E-state index contributed by atoms with van der Waals surface area (Å²) in [5.41, 5.74) is 8.12. The minimum absolute atomic E-state index is 0.0460. The molecule has 16 heavy (non-hydrogen) atoms. The summed E-state index contributed by atoms with van der Waals surface area (Å²) in [7, 11) is 0. The maximum Gasteiger partial charge on any atom is 0.120 e. The molecule has 0 aliphatic carbocycles. The predicted molar refractivity (Wildman–Crippen MR) is 67.7 cm³/mol. The molecule has 0 radical (unpaired) electrons. The number of thiophene rings is 1. The Kier molecular flexibility index (Phi) is 3.59. The molecule has 1 aromatic heterocycles. The number of hydrogen-bond donors (Lipinski definition) is 1. The highest BCUT2D eigenvalue weighted by atomic mass is 32.1. The Bertz CT molecular complexity index is 437. The first-order valence-electron chi connectivity index (χ1n) is 5.25. The van der Waals surface area contributed by atoms with Gasteiger partial charge in [-0.05, 0) is 47.0 Å². The second kappa shape index (κ2) is 5.14. The van der Waals surface area contributed by atoms with E-state index >= 15 is 0 Å². The van der Waals surface area contributed by atoms with Crippen molar-refractivity contribution in [1.82, 2.24) is 0 Å². The van der Waals surface area contributed by atoms with E-state index in [0.717, 1.165) is 11.3 Å². The van der Waals surface area contributed by atoms with Crippen LogP contribution in [0, 0.1) is 0 Å². The van der Waals surface area contributed by atoms with Gasteiger partial charge in [0.2, 0.25) is 0 Å². The number of rotatable bonds is 4. The van der Waals surface area contributed by atoms with Crippen molar-refractivity contribution in [3.05, 3.63) is 52.2 Å². The Morgan fingerprint density at radius 3 is 2.94 bits per heavy atom. The highest BCUT2D eigenvalue weighted by Crippen LogP contribution is 2.19. The van der Waals surface area contributed by atoms with Crippen molar-refractivity contribution in [2.75, 3.05) is 0 Å². The van der Waals surface area contributed by atoms with Gasteiger partial charge in [0, 0.05) is 6.04 Å². The third-order valence-corrected chi connectivity index (χ3v) is 3.10. The fraction of sp³-hybridized carbons (Fsp3) is 0.231. The molecule has 3 heteroatoms. The van der Waals surface area contributed by atoms with Crippen molar-refractivity contribution < 1.29 is 4.74 Å². The van der Waals surface area contributed by atoms with Gasteiger partial charge in [-0.2, -0.15) is 11.3 Å². The minimum Gasteiger partial charge on any atom is -0.489 e. The van der Waals surface area contributed by atoms with Crippen LogP contribution in [0.15, 0.2) is 41.1 Å². The largest absolute Gasteiger partial charge is 0.489 e. The zero-order valence-corrected chi connectivity index (χ0v) is 10.0. The Balaban J connectivity index is 2.01. The number of nitrogens with two attached hydrogens (primary N) is 1. The Morgan fingerprint density at radius 1 is 1.38 bits per heavy atom. The summed E-state index contributed by atoms with van der Waals surface area (Å²) < 4.78 is 5.69. The van der Waals surface area contributed by atoms with E-state index in [4.69, 9.17) is 10.5 Å². The first kappa shape index (κ1) is 11.2. The molecule has 2 aromatic rings. The average molecular weight is 233 g/mol. The molecular formula is C13H15NOS. The first-order valence-corrected chi connectivity index (χ1v) is 6.19. The molecule has 1 atom stereocenters. The van der Waals surface area contributed by atoms with Crippen LogP contribution in [0.2, 0.25) is 0 Å². The Morgan fingerprint density at radius 2 is 2.25 bits per heavy atom. The van der Waals surface area contributed by atoms with Gasteiger partial charge in [-0.25, -0.2) is 0 Å². The lowest BCUT2D eigenvalue weighted by Crippen LogP contribution is -2.05. The molecule has 0 bridgehead atoms. The molecule has 0 spiro atoms. The highest BCUT2D eigenvalue weighted by Gasteiger charge is 2.01. The van der Waals surface area contributed by atoms with E-state index in [-0.39, 0.29) is 6.04 Å². The molecule has 0 fully saturated rings. The Labute approximate surface area is 99.7 Å². The molecule has 2 N–H and O–H groups in total. The summed E-state index contributed by atoms with van der Waals surface area (Å²) in [6.45, 7) is 2.59. The van der Waals surface area contributed by atoms with E-state index in [1.54, 1.807) is 11.3 Å². The van der Waals surface area contributed by atoms with E-state index in [1.165, 1.54) is 5.56 Å². The van der Waals surface area contributed by atoms with Crippen LogP contribution in [0.5, 0.6) is 5.75 Å². The molecule has 0 amide bonds. The van der Waals surface area contributed by atoms with Gasteiger partial charge in [-0.3, -0.25) is 0 Å². The molecule has 2 rings (SSSR count). The SMILES string of the molecule is CC(N)c1cccc(OCc2ccsc2)c1. The summed E-state index contributed by atoms with van der Waals surface area (Å²) in [5.74, 6) is 0.876. The third kappa shape index (κ3) is 2.84. The van der Waals surface area contributed by atoms with Crippen molar-refractivity contribution in [2.24, 2.45) is 5.73 Å². The summed E-state index contributed by atoms with van der Waals surface area (Å²) in [4.78, 5) is 0. The quantitative estimate of drug-likeness (QED) is 0.879. The third-order valence-electron chi connectivity index (χ3n) is 2.37. The van der Waals surface area contributed by atoms with Gasteiger partial charge in [0.1, 0.15) is 12.4 Å². The van der Waals surface area contributed by atoms with Gasteiger partial charge in [-0.1, -0.05) is 12.1 Å². The van der Waals surface area contributed by atoms with Gasteiger partial charge in [0.05, 0.1) is 0 Å². The molecule has 1 unspecified atom stereocenters. The lowest BCUT2D eigenvalue weighted by atomic mass is 10.1. The van der Waals surface area contributed by atoms with Crippen molar-refractivity contribution in [3.8, 4) is 5.75 Å². The van der Waals surface area contributed by atoms with Crippen LogP contribution in [-0.4, -0.2) is 0 Å². The standard InChI is InChI=1S/C13H15NOS/c1-10(14)12-3-2-4-13(7-12)15-8-11-5-6-16-9-11/h2-7,9-10H,8,14H2,1H3. The van der Waals surface area contributed by atoms with E-state index < -0.39 is 0 Å². The van der Waals surface area contributed by atoms with Crippen LogP contribution in [0.3, 0.4) is 0 Å². The highest BCUT2D eigenvalue weighted by molar-refractivity contribution is 7.07. The molecule has 1 heterocycles. The van der Waals surface area contributed by atoms with Gasteiger partial charge in [-0.15, -0.1) is 0 Å². The number of hydrogen-bond acceptors (Lipinski definition) is 3. The summed E-state index contributed by atoms with van der Waals surface area (Å²) in [5, 5.41) is 4.15. The van der Waals surface area contributed by atoms with Crippen molar-refractivity contribution in [2.45, 2.75) is 19.6 Å². The van der Waals surface area contributed by atoms with Crippen LogP contribution >= 0.6 is 11.3 Å². The molecule has 1 aromatic carbocycles. The number of benzene rings is 1. The zero-order chi connectivity index (χ0) is 11.4. The first-order chi connectivity index (χ1) is 7.75. The second-order valence-electron chi connectivity index (χ2n) is 3.78. The van der Waals surface area contributed by atoms with Crippen LogP contribution in [-0.2, 0) is 6.61 Å². The maximum absolute atomic E-state index is 5.82. The van der Waals surface area contributed by atoms with E-state index in [0.29, 0.717) is 6.61 Å². The van der Waals surface area contributed by atoms with Gasteiger partial charge in [0.25, 0.3) is 0 Å². The smallest absolute Gasteiger partial charge is 0.120 e. The minimum atomic E-state index is 0.0460. The van der Waals surface area contributed by atoms with Crippen molar-refractivity contribution in [3.63, 3.8) is 0 Å². The lowest BCUT2D eigenvalue weighted by molar-refractivity contribution is 0.306. The second-order valence-corrected chi connectivity index (χ2v) is 4.56. The topological polar surface area (TPSA) is 35.2 Å². The summed E-state index contributed by atoms with van der Waals surface area (Å²) in [6.07, 6.45) is 0. The number of ether oxygens (including phenoxy) is 1. The summed E-state index contributed by atoms with van der Waals surface area (Å²) in [6, 6.07) is 10.1. The molecule has 84 valence electrons. The van der Waals surface area contributed by atoms with Crippen molar-refractivity contribution >= 4 is 11.3 Å². The maximum atomic E-state index is 5.82. The average Bonchev–Trinajstić information content (AvgIpc) is 2.79. The van der Waals surface area contributed by atoms with E-state index in [9.17, 15) is 0 Å². The van der Waals surface area contributed by atoms with E-state index in [2.05, 4.69) is 16.8 Å². The normalized spacial score (nSPS) is 12.4. The van der Waals surface area contributed by atoms with Crippen molar-refractivity contribution in [1.29, 1.82) is 0 Å². The van der Waals surface area contributed by atoms with Crippen LogP contribution < -0.4 is 10.5 Å². The van der Waals surface area contributed by atoms with Crippen LogP contribution in [0.25, 0.3) is 0 Å². The molecule has 2 nitrogen and oxygen atoms in total. The van der Waals surface area contributed by atoms with Gasteiger partial charge >= 0.3 is 0 Å². The van der Waals surface area contributed by atoms with Crippen LogP contribution in [0.1, 0.15) is 24.1 Å². The predicted octanol–water partition coefficient (Wildman–Crippen LogP) is 3.35. The van der Waals surface area contributed by atoms with Gasteiger partial charge < -0.3 is 10.5 Å². The molecule has 0 saturated carbocycles. The van der Waals surface area contributed by atoms with Gasteiger partial charge in [0.15, 0.2) is 0 Å². The molecule has 0 aliphatic rings.